The van der Waals surface area contributed by atoms with Crippen LogP contribution in [0, 0.1) is 0 Å². The van der Waals surface area contributed by atoms with Gasteiger partial charge in [-0.1, -0.05) is 37.5 Å². The van der Waals surface area contributed by atoms with Gasteiger partial charge in [0.2, 0.25) is 0 Å². The molecule has 0 radical (unpaired) electrons. The van der Waals surface area contributed by atoms with Crippen molar-refractivity contribution in [1.29, 1.82) is 0 Å². The van der Waals surface area contributed by atoms with Gasteiger partial charge in [0, 0.05) is 23.7 Å². The van der Waals surface area contributed by atoms with Gasteiger partial charge in [0.05, 0.1) is 12.9 Å². The van der Waals surface area contributed by atoms with E-state index < -0.39 is 0 Å². The van der Waals surface area contributed by atoms with E-state index >= 15 is 0 Å². The summed E-state index contributed by atoms with van der Waals surface area (Å²) in [5.41, 5.74) is 2.93. The summed E-state index contributed by atoms with van der Waals surface area (Å²) < 4.78 is 2.17. The molecule has 0 bridgehead atoms. The second kappa shape index (κ2) is 8.06. The normalized spacial score (nSPS) is 15.1. The van der Waals surface area contributed by atoms with Crippen molar-refractivity contribution in [1.82, 2.24) is 19.5 Å². The van der Waals surface area contributed by atoms with Gasteiger partial charge in [-0.25, -0.2) is 15.0 Å². The number of carbonyl (C=O) groups excluding carboxylic acids is 1. The van der Waals surface area contributed by atoms with Crippen LogP contribution < -0.4 is 5.32 Å². The minimum Gasteiger partial charge on any atom is -0.395 e. The summed E-state index contributed by atoms with van der Waals surface area (Å²) in [6.07, 6.45) is 7.84. The molecule has 1 saturated carbocycles. The van der Waals surface area contributed by atoms with Crippen molar-refractivity contribution in [2.45, 2.75) is 45.1 Å². The van der Waals surface area contributed by atoms with Gasteiger partial charge in [0.1, 0.15) is 5.52 Å². The van der Waals surface area contributed by atoms with Gasteiger partial charge in [-0.2, -0.15) is 0 Å². The lowest BCUT2D eigenvalue weighted by Gasteiger charge is -2.23. The molecular weight excluding hydrogens is 354 g/mol. The Kier molecular flexibility index (Phi) is 5.34. The third kappa shape index (κ3) is 3.62. The maximum Gasteiger partial charge on any atom is 0.166 e. The number of rotatable bonds is 6. The SMILES string of the molecule is CC(=O)c1cccc(-c2nc(NCCO)c3ncn(C4CCCCC4)c3n2)c1. The summed E-state index contributed by atoms with van der Waals surface area (Å²) in [4.78, 5) is 25.8. The van der Waals surface area contributed by atoms with Crippen molar-refractivity contribution < 1.29 is 9.90 Å². The monoisotopic (exact) mass is 379 g/mol. The van der Waals surface area contributed by atoms with Crippen LogP contribution in [0.4, 0.5) is 5.82 Å². The lowest BCUT2D eigenvalue weighted by molar-refractivity contribution is 0.101. The van der Waals surface area contributed by atoms with E-state index in [9.17, 15) is 9.90 Å². The summed E-state index contributed by atoms with van der Waals surface area (Å²) in [6.45, 7) is 1.94. The Balaban J connectivity index is 1.84. The highest BCUT2D eigenvalue weighted by molar-refractivity contribution is 5.95. The Bertz CT molecular complexity index is 992. The van der Waals surface area contributed by atoms with Crippen molar-refractivity contribution in [2.24, 2.45) is 0 Å². The van der Waals surface area contributed by atoms with Crippen molar-refractivity contribution in [3.05, 3.63) is 36.2 Å². The number of hydrogen-bond acceptors (Lipinski definition) is 6. The largest absolute Gasteiger partial charge is 0.395 e. The van der Waals surface area contributed by atoms with E-state index in [-0.39, 0.29) is 12.4 Å². The molecule has 4 rings (SSSR count). The van der Waals surface area contributed by atoms with Crippen molar-refractivity contribution in [3.63, 3.8) is 0 Å². The lowest BCUT2D eigenvalue weighted by atomic mass is 9.95. The minimum absolute atomic E-state index is 0.00395. The molecule has 2 N–H and O–H groups in total. The highest BCUT2D eigenvalue weighted by Gasteiger charge is 2.21. The van der Waals surface area contributed by atoms with E-state index in [0.717, 1.165) is 24.1 Å². The number of aliphatic hydroxyl groups is 1. The van der Waals surface area contributed by atoms with E-state index in [1.54, 1.807) is 13.0 Å². The molecule has 28 heavy (non-hydrogen) atoms. The number of Topliss-reactive ketones (excluding diaryl/α,β-unsaturated/α-hetero) is 1. The van der Waals surface area contributed by atoms with Crippen LogP contribution in [0.25, 0.3) is 22.6 Å². The molecule has 1 aromatic carbocycles. The molecule has 0 saturated heterocycles. The molecule has 1 fully saturated rings. The first kappa shape index (κ1) is 18.6. The first-order valence-electron chi connectivity index (χ1n) is 9.88. The fourth-order valence-electron chi connectivity index (χ4n) is 3.85. The third-order valence-corrected chi connectivity index (χ3v) is 5.32. The number of aromatic nitrogens is 4. The Morgan fingerprint density at radius 2 is 2.07 bits per heavy atom. The maximum absolute atomic E-state index is 11.8. The predicted molar refractivity (Wildman–Crippen MR) is 108 cm³/mol. The topological polar surface area (TPSA) is 92.9 Å². The fourth-order valence-corrected chi connectivity index (χ4v) is 3.85. The molecule has 2 aromatic heterocycles. The second-order valence-corrected chi connectivity index (χ2v) is 7.30. The van der Waals surface area contributed by atoms with E-state index in [0.29, 0.717) is 35.3 Å². The van der Waals surface area contributed by atoms with Gasteiger partial charge < -0.3 is 15.0 Å². The Labute approximate surface area is 163 Å². The van der Waals surface area contributed by atoms with Crippen LogP contribution in [0.3, 0.4) is 0 Å². The van der Waals surface area contributed by atoms with Crippen LogP contribution in [0.15, 0.2) is 30.6 Å². The summed E-state index contributed by atoms with van der Waals surface area (Å²) >= 11 is 0. The van der Waals surface area contributed by atoms with E-state index in [1.165, 1.54) is 19.3 Å². The van der Waals surface area contributed by atoms with Gasteiger partial charge in [0.15, 0.2) is 23.1 Å². The number of nitrogens with zero attached hydrogens (tertiary/aromatic N) is 4. The Morgan fingerprint density at radius 1 is 1.25 bits per heavy atom. The molecule has 1 aliphatic rings. The van der Waals surface area contributed by atoms with Crippen LogP contribution in [-0.2, 0) is 0 Å². The second-order valence-electron chi connectivity index (χ2n) is 7.30. The Hall–Kier alpha value is -2.80. The summed E-state index contributed by atoms with van der Waals surface area (Å²) in [6, 6.07) is 7.77. The molecule has 0 spiro atoms. The summed E-state index contributed by atoms with van der Waals surface area (Å²) in [5.74, 6) is 1.17. The zero-order valence-electron chi connectivity index (χ0n) is 16.1. The number of hydrogen-bond donors (Lipinski definition) is 2. The standard InChI is InChI=1S/C21H25N5O2/c1-14(28)15-6-5-7-16(12-15)19-24-20(22-10-11-27)18-21(25-19)26(13-23-18)17-8-3-2-4-9-17/h5-7,12-13,17,27H,2-4,8-11H2,1H3,(H,22,24,25). The molecule has 0 atom stereocenters. The predicted octanol–water partition coefficient (Wildman–Crippen LogP) is 3.61. The number of benzene rings is 1. The summed E-state index contributed by atoms with van der Waals surface area (Å²) in [7, 11) is 0. The zero-order chi connectivity index (χ0) is 19.5. The molecule has 146 valence electrons. The first-order valence-corrected chi connectivity index (χ1v) is 9.88. The van der Waals surface area contributed by atoms with Crippen LogP contribution in [0.2, 0.25) is 0 Å². The average molecular weight is 379 g/mol. The number of carbonyl (C=O) groups is 1. The maximum atomic E-state index is 11.8. The molecule has 1 aliphatic carbocycles. The number of anilines is 1. The highest BCUT2D eigenvalue weighted by atomic mass is 16.3. The fraction of sp³-hybridized carbons (Fsp3) is 0.429. The van der Waals surface area contributed by atoms with Crippen LogP contribution in [0.5, 0.6) is 0 Å². The van der Waals surface area contributed by atoms with Gasteiger partial charge in [-0.05, 0) is 25.8 Å². The molecular formula is C21H25N5O2. The molecule has 0 amide bonds. The van der Waals surface area contributed by atoms with Gasteiger partial charge in [-0.3, -0.25) is 4.79 Å². The smallest absolute Gasteiger partial charge is 0.166 e. The van der Waals surface area contributed by atoms with Gasteiger partial charge >= 0.3 is 0 Å². The van der Waals surface area contributed by atoms with Gasteiger partial charge in [-0.15, -0.1) is 0 Å². The molecule has 0 aliphatic heterocycles. The number of nitrogens with one attached hydrogen (secondary N) is 1. The zero-order valence-corrected chi connectivity index (χ0v) is 16.1. The summed E-state index contributed by atoms with van der Waals surface area (Å²) in [5, 5.41) is 12.4. The average Bonchev–Trinajstić information content (AvgIpc) is 3.17. The molecule has 7 nitrogen and oxygen atoms in total. The Morgan fingerprint density at radius 3 is 2.82 bits per heavy atom. The lowest BCUT2D eigenvalue weighted by Crippen LogP contribution is -2.13. The number of imidazole rings is 1. The molecule has 0 unspecified atom stereocenters. The van der Waals surface area contributed by atoms with Crippen LogP contribution in [-0.4, -0.2) is 43.6 Å². The molecule has 3 aromatic rings. The molecule has 7 heteroatoms. The van der Waals surface area contributed by atoms with Crippen molar-refractivity contribution >= 4 is 22.8 Å². The number of aliphatic hydroxyl groups excluding tert-OH is 1. The van der Waals surface area contributed by atoms with E-state index in [2.05, 4.69) is 19.9 Å². The van der Waals surface area contributed by atoms with Crippen molar-refractivity contribution in [2.75, 3.05) is 18.5 Å². The van der Waals surface area contributed by atoms with Crippen LogP contribution in [0.1, 0.15) is 55.4 Å². The number of fused-ring (bicyclic) bond motifs is 1. The first-order chi connectivity index (χ1) is 13.7. The van der Waals surface area contributed by atoms with Crippen LogP contribution >= 0.6 is 0 Å². The van der Waals surface area contributed by atoms with Gasteiger partial charge in [0.25, 0.3) is 0 Å². The van der Waals surface area contributed by atoms with Crippen molar-refractivity contribution in [3.8, 4) is 11.4 Å². The van der Waals surface area contributed by atoms with E-state index in [1.807, 2.05) is 24.5 Å². The highest BCUT2D eigenvalue weighted by Crippen LogP contribution is 2.32. The minimum atomic E-state index is 0.00395. The molecule has 2 heterocycles. The quantitative estimate of drug-likeness (QED) is 0.636. The van der Waals surface area contributed by atoms with E-state index in [4.69, 9.17) is 4.98 Å². The third-order valence-electron chi connectivity index (χ3n) is 5.32. The number of ketones is 1.